The fourth-order valence-electron chi connectivity index (χ4n) is 2.72. The zero-order valence-electron chi connectivity index (χ0n) is 12.6. The van der Waals surface area contributed by atoms with Crippen LogP contribution >= 0.6 is 0 Å². The molecule has 1 atom stereocenters. The van der Waals surface area contributed by atoms with Crippen LogP contribution in [0, 0.1) is 11.3 Å². The Balaban J connectivity index is 1.73. The Morgan fingerprint density at radius 3 is 2.83 bits per heavy atom. The lowest BCUT2D eigenvalue weighted by Gasteiger charge is -2.16. The van der Waals surface area contributed by atoms with Crippen molar-refractivity contribution in [2.45, 2.75) is 25.3 Å². The average Bonchev–Trinajstić information content (AvgIpc) is 3.19. The predicted octanol–water partition coefficient (Wildman–Crippen LogP) is 1.05. The van der Waals surface area contributed by atoms with Gasteiger partial charge in [0.2, 0.25) is 0 Å². The third-order valence-electron chi connectivity index (χ3n) is 3.95. The Labute approximate surface area is 133 Å². The first kappa shape index (κ1) is 15.2. The number of hydrogen-bond donors (Lipinski definition) is 1. The number of benzene rings is 1. The van der Waals surface area contributed by atoms with Crippen LogP contribution in [0.25, 0.3) is 0 Å². The Bertz CT molecular complexity index is 732. The molecule has 23 heavy (non-hydrogen) atoms. The molecule has 1 aromatic carbocycles. The van der Waals surface area contributed by atoms with E-state index in [-0.39, 0.29) is 18.6 Å². The van der Waals surface area contributed by atoms with E-state index in [9.17, 15) is 4.79 Å². The number of aliphatic hydroxyl groups is 1. The summed E-state index contributed by atoms with van der Waals surface area (Å²) in [6.07, 6.45) is 3.73. The summed E-state index contributed by atoms with van der Waals surface area (Å²) in [5, 5.41) is 25.8. The third kappa shape index (κ3) is 3.07. The summed E-state index contributed by atoms with van der Waals surface area (Å²) in [7, 11) is 0. The highest BCUT2D eigenvalue weighted by Gasteiger charge is 2.34. The third-order valence-corrected chi connectivity index (χ3v) is 3.95. The summed E-state index contributed by atoms with van der Waals surface area (Å²) in [6.45, 7) is 0.725. The number of carbonyl (C=O) groups is 1. The summed E-state index contributed by atoms with van der Waals surface area (Å²) in [4.78, 5) is 14.3. The maximum absolute atomic E-state index is 12.6. The van der Waals surface area contributed by atoms with E-state index >= 15 is 0 Å². The fourth-order valence-corrected chi connectivity index (χ4v) is 2.72. The van der Waals surface area contributed by atoms with E-state index in [4.69, 9.17) is 10.4 Å². The van der Waals surface area contributed by atoms with Crippen LogP contribution in [0.1, 0.15) is 30.1 Å². The molecule has 1 saturated heterocycles. The lowest BCUT2D eigenvalue weighted by Crippen LogP contribution is -2.28. The minimum Gasteiger partial charge on any atom is -0.396 e. The molecule has 1 fully saturated rings. The van der Waals surface area contributed by atoms with Crippen LogP contribution < -0.4 is 4.90 Å². The topological polar surface area (TPSA) is 95.0 Å². The molecule has 1 N–H and O–H groups in total. The van der Waals surface area contributed by atoms with Gasteiger partial charge in [0.1, 0.15) is 6.04 Å². The minimum absolute atomic E-state index is 0.0201. The zero-order valence-corrected chi connectivity index (χ0v) is 12.6. The molecule has 0 spiro atoms. The van der Waals surface area contributed by atoms with Crippen molar-refractivity contribution in [3.05, 3.63) is 41.7 Å². The molecule has 1 aliphatic heterocycles. The van der Waals surface area contributed by atoms with Crippen molar-refractivity contribution in [1.82, 2.24) is 15.0 Å². The maximum atomic E-state index is 12.6. The van der Waals surface area contributed by atoms with Crippen LogP contribution in [0.4, 0.5) is 5.69 Å². The highest BCUT2D eigenvalue weighted by atomic mass is 16.3. The van der Waals surface area contributed by atoms with E-state index in [1.54, 1.807) is 40.0 Å². The number of rotatable bonds is 5. The molecule has 7 heteroatoms. The summed E-state index contributed by atoms with van der Waals surface area (Å²) in [6, 6.07) is 8.70. The van der Waals surface area contributed by atoms with E-state index in [0.29, 0.717) is 31.4 Å². The second-order valence-electron chi connectivity index (χ2n) is 5.47. The van der Waals surface area contributed by atoms with Gasteiger partial charge in [-0.3, -0.25) is 4.79 Å². The van der Waals surface area contributed by atoms with E-state index in [1.165, 1.54) is 0 Å². The van der Waals surface area contributed by atoms with Gasteiger partial charge in [0.25, 0.3) is 5.91 Å². The molecule has 1 unspecified atom stereocenters. The number of carbonyl (C=O) groups excluding carboxylic acids is 1. The van der Waals surface area contributed by atoms with Crippen molar-refractivity contribution in [3.63, 3.8) is 0 Å². The predicted molar refractivity (Wildman–Crippen MR) is 82.6 cm³/mol. The van der Waals surface area contributed by atoms with Gasteiger partial charge in [-0.05, 0) is 43.5 Å². The first-order valence-corrected chi connectivity index (χ1v) is 7.56. The number of aliphatic hydroxyl groups excluding tert-OH is 1. The van der Waals surface area contributed by atoms with Gasteiger partial charge in [0.05, 0.1) is 17.3 Å². The summed E-state index contributed by atoms with van der Waals surface area (Å²) < 4.78 is 1.61. The second kappa shape index (κ2) is 6.58. The summed E-state index contributed by atoms with van der Waals surface area (Å²) in [5.41, 5.74) is 2.14. The normalized spacial score (nSPS) is 17.5. The minimum atomic E-state index is -0.346. The van der Waals surface area contributed by atoms with Gasteiger partial charge in [0.15, 0.2) is 0 Å². The Kier molecular flexibility index (Phi) is 4.35. The number of nitrogens with zero attached hydrogens (tertiary/aromatic N) is 5. The molecule has 0 aliphatic carbocycles. The van der Waals surface area contributed by atoms with E-state index < -0.39 is 0 Å². The molecule has 118 valence electrons. The van der Waals surface area contributed by atoms with Crippen LogP contribution in [0.5, 0.6) is 0 Å². The largest absolute Gasteiger partial charge is 0.396 e. The molecule has 3 rings (SSSR count). The number of nitriles is 1. The van der Waals surface area contributed by atoms with Crippen molar-refractivity contribution >= 4 is 11.6 Å². The lowest BCUT2D eigenvalue weighted by atomic mass is 10.2. The van der Waals surface area contributed by atoms with Crippen LogP contribution in [-0.4, -0.2) is 39.2 Å². The van der Waals surface area contributed by atoms with Crippen LogP contribution in [0.3, 0.4) is 0 Å². The van der Waals surface area contributed by atoms with Crippen LogP contribution in [-0.2, 0) is 11.2 Å². The van der Waals surface area contributed by atoms with Crippen LogP contribution in [0.2, 0.25) is 0 Å². The first-order chi connectivity index (χ1) is 11.2. The number of anilines is 1. The monoisotopic (exact) mass is 311 g/mol. The number of hydrogen-bond acceptors (Lipinski definition) is 5. The van der Waals surface area contributed by atoms with Crippen molar-refractivity contribution in [3.8, 4) is 6.07 Å². The van der Waals surface area contributed by atoms with Crippen molar-refractivity contribution in [2.24, 2.45) is 0 Å². The number of amides is 1. The zero-order chi connectivity index (χ0) is 16.2. The van der Waals surface area contributed by atoms with Gasteiger partial charge < -0.3 is 10.0 Å². The Morgan fingerprint density at radius 2 is 2.13 bits per heavy atom. The van der Waals surface area contributed by atoms with E-state index in [2.05, 4.69) is 16.4 Å². The summed E-state index contributed by atoms with van der Waals surface area (Å²) in [5.74, 6) is -0.0201. The van der Waals surface area contributed by atoms with Gasteiger partial charge in [-0.15, -0.1) is 5.10 Å². The first-order valence-electron chi connectivity index (χ1n) is 7.56. The average molecular weight is 311 g/mol. The molecule has 0 bridgehead atoms. The van der Waals surface area contributed by atoms with Gasteiger partial charge >= 0.3 is 0 Å². The highest BCUT2D eigenvalue weighted by Crippen LogP contribution is 2.28. The standard InChI is InChI=1S/C16H17N5O2/c17-10-12-3-5-14(6-4-12)20-8-7-15(16(20)23)21-11-13(18-19-21)2-1-9-22/h3-6,11,15,22H,1-2,7-9H2. The SMILES string of the molecule is N#Cc1ccc(N2CCC(n3cc(CCCO)nn3)C2=O)cc1. The van der Waals surface area contributed by atoms with Gasteiger partial charge in [0, 0.05) is 25.0 Å². The lowest BCUT2D eigenvalue weighted by molar-refractivity contribution is -0.120. The van der Waals surface area contributed by atoms with Gasteiger partial charge in [-0.25, -0.2) is 4.68 Å². The molecule has 1 aromatic heterocycles. The van der Waals surface area contributed by atoms with Crippen molar-refractivity contribution in [2.75, 3.05) is 18.1 Å². The summed E-state index contributed by atoms with van der Waals surface area (Å²) >= 11 is 0. The quantitative estimate of drug-likeness (QED) is 0.890. The molecule has 1 aliphatic rings. The molecular weight excluding hydrogens is 294 g/mol. The molecule has 7 nitrogen and oxygen atoms in total. The molecular formula is C16H17N5O2. The van der Waals surface area contributed by atoms with Crippen molar-refractivity contribution in [1.29, 1.82) is 5.26 Å². The molecule has 0 saturated carbocycles. The Morgan fingerprint density at radius 1 is 1.35 bits per heavy atom. The smallest absolute Gasteiger partial charge is 0.251 e. The fraction of sp³-hybridized carbons (Fsp3) is 0.375. The van der Waals surface area contributed by atoms with E-state index in [0.717, 1.165) is 11.4 Å². The van der Waals surface area contributed by atoms with Crippen molar-refractivity contribution < 1.29 is 9.90 Å². The molecule has 1 amide bonds. The Hall–Kier alpha value is -2.72. The number of aromatic nitrogens is 3. The second-order valence-corrected chi connectivity index (χ2v) is 5.47. The van der Waals surface area contributed by atoms with Crippen LogP contribution in [0.15, 0.2) is 30.5 Å². The maximum Gasteiger partial charge on any atom is 0.251 e. The number of aryl methyl sites for hydroxylation is 1. The molecule has 2 aromatic rings. The molecule has 2 heterocycles. The van der Waals surface area contributed by atoms with E-state index in [1.807, 2.05) is 0 Å². The molecule has 0 radical (unpaired) electrons. The van der Waals surface area contributed by atoms with Gasteiger partial charge in [-0.1, -0.05) is 5.21 Å². The van der Waals surface area contributed by atoms with Gasteiger partial charge in [-0.2, -0.15) is 5.26 Å². The highest BCUT2D eigenvalue weighted by molar-refractivity contribution is 5.98.